The highest BCUT2D eigenvalue weighted by atomic mass is 35.5. The maximum Gasteiger partial charge on any atom is 0.411 e. The standard InChI is InChI=1S/C19H24ClFN2O6/c1-19(2,3)29-18(27)23-9-11(4-7-15(23)17(25)26)22-16(24)10-28-12-5-6-13(20)14(21)8-12/h5-6,8,11,15H,4,7,9-10H2,1-3H3,(H,22,24)(H,25,26). The van der Waals surface area contributed by atoms with E-state index in [1.165, 1.54) is 12.1 Å². The van der Waals surface area contributed by atoms with Crippen LogP contribution in [-0.4, -0.2) is 58.8 Å². The Morgan fingerprint density at radius 1 is 1.31 bits per heavy atom. The van der Waals surface area contributed by atoms with Crippen LogP contribution in [0, 0.1) is 5.82 Å². The summed E-state index contributed by atoms with van der Waals surface area (Å²) in [5.41, 5.74) is -0.780. The number of amides is 2. The van der Waals surface area contributed by atoms with Crippen LogP contribution in [-0.2, 0) is 14.3 Å². The van der Waals surface area contributed by atoms with Gasteiger partial charge in [-0.05, 0) is 45.7 Å². The maximum absolute atomic E-state index is 13.4. The number of hydrogen-bond donors (Lipinski definition) is 2. The first-order chi connectivity index (χ1) is 13.5. The number of carboxylic acids is 1. The molecule has 1 saturated heterocycles. The highest BCUT2D eigenvalue weighted by molar-refractivity contribution is 6.30. The first kappa shape index (κ1) is 22.7. The lowest BCUT2D eigenvalue weighted by Gasteiger charge is -2.38. The first-order valence-corrected chi connectivity index (χ1v) is 9.43. The summed E-state index contributed by atoms with van der Waals surface area (Å²) in [5.74, 6) is -2.13. The summed E-state index contributed by atoms with van der Waals surface area (Å²) in [6, 6.07) is 2.33. The third-order valence-electron chi connectivity index (χ3n) is 4.12. The Morgan fingerprint density at radius 2 is 2.00 bits per heavy atom. The quantitative estimate of drug-likeness (QED) is 0.744. The van der Waals surface area contributed by atoms with E-state index in [0.717, 1.165) is 11.0 Å². The zero-order valence-electron chi connectivity index (χ0n) is 16.4. The molecule has 1 aromatic rings. The zero-order valence-corrected chi connectivity index (χ0v) is 17.2. The number of carbonyl (C=O) groups excluding carboxylic acids is 2. The third kappa shape index (κ3) is 6.77. The van der Waals surface area contributed by atoms with Crippen molar-refractivity contribution in [3.05, 3.63) is 29.0 Å². The minimum atomic E-state index is -1.13. The fourth-order valence-corrected chi connectivity index (χ4v) is 2.97. The molecule has 2 atom stereocenters. The molecule has 2 unspecified atom stereocenters. The lowest BCUT2D eigenvalue weighted by atomic mass is 9.98. The molecule has 2 N–H and O–H groups in total. The Kier molecular flexibility index (Phi) is 7.29. The molecule has 10 heteroatoms. The van der Waals surface area contributed by atoms with Gasteiger partial charge in [-0.1, -0.05) is 11.6 Å². The molecule has 2 rings (SSSR count). The van der Waals surface area contributed by atoms with Crippen molar-refractivity contribution in [1.82, 2.24) is 10.2 Å². The van der Waals surface area contributed by atoms with Crippen molar-refractivity contribution < 1.29 is 33.4 Å². The van der Waals surface area contributed by atoms with Crippen molar-refractivity contribution in [3.63, 3.8) is 0 Å². The van der Waals surface area contributed by atoms with Gasteiger partial charge in [0.05, 0.1) is 5.02 Å². The van der Waals surface area contributed by atoms with Crippen molar-refractivity contribution in [2.75, 3.05) is 13.2 Å². The number of nitrogens with zero attached hydrogens (tertiary/aromatic N) is 1. The SMILES string of the molecule is CC(C)(C)OC(=O)N1CC(NC(=O)COc2ccc(Cl)c(F)c2)CCC1C(=O)O. The Morgan fingerprint density at radius 3 is 2.59 bits per heavy atom. The molecule has 0 aliphatic carbocycles. The number of nitrogens with one attached hydrogen (secondary N) is 1. The monoisotopic (exact) mass is 430 g/mol. The maximum atomic E-state index is 13.4. The van der Waals surface area contributed by atoms with Gasteiger partial charge in [0.15, 0.2) is 6.61 Å². The Bertz CT molecular complexity index is 782. The molecular weight excluding hydrogens is 407 g/mol. The van der Waals surface area contributed by atoms with E-state index in [2.05, 4.69) is 5.32 Å². The minimum absolute atomic E-state index is 0.00675. The number of carbonyl (C=O) groups is 3. The molecule has 1 aliphatic heterocycles. The number of likely N-dealkylation sites (tertiary alicyclic amines) is 1. The Labute approximate surface area is 172 Å². The zero-order chi connectivity index (χ0) is 21.8. The number of piperidine rings is 1. The van der Waals surface area contributed by atoms with Gasteiger partial charge in [0.1, 0.15) is 23.2 Å². The largest absolute Gasteiger partial charge is 0.484 e. The average molecular weight is 431 g/mol. The second-order valence-corrected chi connectivity index (χ2v) is 8.10. The predicted molar refractivity (Wildman–Crippen MR) is 102 cm³/mol. The fourth-order valence-electron chi connectivity index (χ4n) is 2.85. The van der Waals surface area contributed by atoms with Gasteiger partial charge in [-0.2, -0.15) is 0 Å². The highest BCUT2D eigenvalue weighted by Crippen LogP contribution is 2.22. The van der Waals surface area contributed by atoms with Crippen molar-refractivity contribution in [1.29, 1.82) is 0 Å². The summed E-state index contributed by atoms with van der Waals surface area (Å²) in [7, 11) is 0. The van der Waals surface area contributed by atoms with Crippen molar-refractivity contribution in [3.8, 4) is 5.75 Å². The van der Waals surface area contributed by atoms with E-state index < -0.39 is 41.5 Å². The Balaban J connectivity index is 1.94. The van der Waals surface area contributed by atoms with Gasteiger partial charge in [-0.3, -0.25) is 9.69 Å². The molecule has 0 saturated carbocycles. The van der Waals surface area contributed by atoms with Crippen LogP contribution in [0.1, 0.15) is 33.6 Å². The van der Waals surface area contributed by atoms with E-state index in [4.69, 9.17) is 21.1 Å². The molecule has 0 aromatic heterocycles. The van der Waals surface area contributed by atoms with Crippen molar-refractivity contribution >= 4 is 29.6 Å². The topological polar surface area (TPSA) is 105 Å². The van der Waals surface area contributed by atoms with Gasteiger partial charge in [0.2, 0.25) is 0 Å². The summed E-state index contributed by atoms with van der Waals surface area (Å²) >= 11 is 5.59. The van der Waals surface area contributed by atoms with Crippen LogP contribution < -0.4 is 10.1 Å². The van der Waals surface area contributed by atoms with E-state index in [-0.39, 0.29) is 30.3 Å². The smallest absolute Gasteiger partial charge is 0.411 e. The summed E-state index contributed by atoms with van der Waals surface area (Å²) < 4.78 is 23.9. The average Bonchev–Trinajstić information content (AvgIpc) is 2.61. The first-order valence-electron chi connectivity index (χ1n) is 9.06. The number of halogens is 2. The predicted octanol–water partition coefficient (Wildman–Crippen LogP) is 2.83. The molecule has 29 heavy (non-hydrogen) atoms. The molecule has 1 aromatic carbocycles. The van der Waals surface area contributed by atoms with Crippen molar-refractivity contribution in [2.24, 2.45) is 0 Å². The number of rotatable bonds is 5. The summed E-state index contributed by atoms with van der Waals surface area (Å²) in [6.45, 7) is 4.67. The van der Waals surface area contributed by atoms with Gasteiger partial charge in [-0.15, -0.1) is 0 Å². The fraction of sp³-hybridized carbons (Fsp3) is 0.526. The molecule has 2 amide bonds. The van der Waals surface area contributed by atoms with Crippen LogP contribution in [0.5, 0.6) is 5.75 Å². The second-order valence-electron chi connectivity index (χ2n) is 7.69. The Hall–Kier alpha value is -2.55. The van der Waals surface area contributed by atoms with Crippen LogP contribution in [0.2, 0.25) is 5.02 Å². The molecule has 1 heterocycles. The summed E-state index contributed by atoms with van der Waals surface area (Å²) in [4.78, 5) is 37.1. The minimum Gasteiger partial charge on any atom is -0.484 e. The molecule has 0 bridgehead atoms. The van der Waals surface area contributed by atoms with E-state index in [1.54, 1.807) is 20.8 Å². The van der Waals surface area contributed by atoms with Crippen LogP contribution >= 0.6 is 11.6 Å². The third-order valence-corrected chi connectivity index (χ3v) is 4.43. The number of benzene rings is 1. The molecule has 0 radical (unpaired) electrons. The van der Waals surface area contributed by atoms with Gasteiger partial charge in [0, 0.05) is 18.7 Å². The number of aliphatic carboxylic acids is 1. The van der Waals surface area contributed by atoms with E-state index >= 15 is 0 Å². The normalized spacial score (nSPS) is 19.4. The van der Waals surface area contributed by atoms with Gasteiger partial charge in [-0.25, -0.2) is 14.0 Å². The highest BCUT2D eigenvalue weighted by Gasteiger charge is 2.38. The van der Waals surface area contributed by atoms with Crippen LogP contribution in [0.3, 0.4) is 0 Å². The van der Waals surface area contributed by atoms with Crippen LogP contribution in [0.4, 0.5) is 9.18 Å². The molecule has 160 valence electrons. The molecule has 1 aliphatic rings. The number of carboxylic acid groups (broad SMARTS) is 1. The van der Waals surface area contributed by atoms with Crippen LogP contribution in [0.15, 0.2) is 18.2 Å². The second kappa shape index (κ2) is 9.30. The molecular formula is C19H24ClFN2O6. The van der Waals surface area contributed by atoms with E-state index in [1.807, 2.05) is 0 Å². The van der Waals surface area contributed by atoms with E-state index in [9.17, 15) is 23.9 Å². The lowest BCUT2D eigenvalue weighted by molar-refractivity contribution is -0.144. The van der Waals surface area contributed by atoms with Gasteiger partial charge < -0.3 is 19.9 Å². The molecule has 0 spiro atoms. The van der Waals surface area contributed by atoms with Gasteiger partial charge >= 0.3 is 12.1 Å². The lowest BCUT2D eigenvalue weighted by Crippen LogP contribution is -2.57. The van der Waals surface area contributed by atoms with Gasteiger partial charge in [0.25, 0.3) is 5.91 Å². The number of ether oxygens (including phenoxy) is 2. The molecule has 8 nitrogen and oxygen atoms in total. The number of hydrogen-bond acceptors (Lipinski definition) is 5. The van der Waals surface area contributed by atoms with Crippen molar-refractivity contribution in [2.45, 2.75) is 51.3 Å². The van der Waals surface area contributed by atoms with Crippen LogP contribution in [0.25, 0.3) is 0 Å². The summed E-state index contributed by atoms with van der Waals surface area (Å²) in [6.07, 6.45) is -0.211. The van der Waals surface area contributed by atoms with E-state index in [0.29, 0.717) is 6.42 Å². The summed E-state index contributed by atoms with van der Waals surface area (Å²) in [5, 5.41) is 12.0. The molecule has 1 fully saturated rings.